The summed E-state index contributed by atoms with van der Waals surface area (Å²) in [7, 11) is 4.21. The molecule has 2 nitrogen and oxygen atoms in total. The van der Waals surface area contributed by atoms with Crippen LogP contribution in [0.15, 0.2) is 24.3 Å². The molecule has 0 N–H and O–H groups in total. The van der Waals surface area contributed by atoms with Crippen LogP contribution in [0.4, 0.5) is 0 Å². The minimum Gasteiger partial charge on any atom is -0.309 e. The van der Waals surface area contributed by atoms with Crippen molar-refractivity contribution in [1.29, 1.82) is 0 Å². The molecule has 1 atom stereocenters. The van der Waals surface area contributed by atoms with E-state index in [-0.39, 0.29) is 0 Å². The molecule has 0 aromatic rings. The van der Waals surface area contributed by atoms with Gasteiger partial charge in [0.1, 0.15) is 5.78 Å². The largest absolute Gasteiger partial charge is 0.309 e. The fraction of sp³-hybridized carbons (Fsp3) is 0.886. The van der Waals surface area contributed by atoms with E-state index < -0.39 is 0 Å². The van der Waals surface area contributed by atoms with Crippen LogP contribution in [0.2, 0.25) is 0 Å². The average Bonchev–Trinajstić information content (AvgIpc) is 3.04. The zero-order chi connectivity index (χ0) is 33.6. The van der Waals surface area contributed by atoms with Crippen LogP contribution in [-0.4, -0.2) is 31.3 Å². The molecule has 2 heteroatoms. The van der Waals surface area contributed by atoms with Gasteiger partial charge in [-0.1, -0.05) is 199 Å². The van der Waals surface area contributed by atoms with E-state index in [0.717, 1.165) is 32.2 Å². The van der Waals surface area contributed by atoms with Crippen LogP contribution in [0.3, 0.4) is 0 Å². The number of carbonyl (C=O) groups excluding carboxylic acids is 1. The highest BCUT2D eigenvalue weighted by Crippen LogP contribution is 2.24. The topological polar surface area (TPSA) is 20.3 Å². The van der Waals surface area contributed by atoms with Gasteiger partial charge < -0.3 is 4.90 Å². The van der Waals surface area contributed by atoms with Crippen LogP contribution < -0.4 is 0 Å². The van der Waals surface area contributed by atoms with Gasteiger partial charge in [0.25, 0.3) is 0 Å². The summed E-state index contributed by atoms with van der Waals surface area (Å²) in [5, 5.41) is 0. The van der Waals surface area contributed by atoms with Crippen molar-refractivity contribution >= 4 is 5.78 Å². The summed E-state index contributed by atoms with van der Waals surface area (Å²) in [6.45, 7) is 5.60. The van der Waals surface area contributed by atoms with Gasteiger partial charge >= 0.3 is 0 Å². The molecule has 0 aliphatic rings. The molecular weight excluding hydrogens is 558 g/mol. The molecule has 0 aromatic carbocycles. The number of hydrogen-bond acceptors (Lipinski definition) is 2. The van der Waals surface area contributed by atoms with Crippen LogP contribution >= 0.6 is 0 Å². The summed E-state index contributed by atoms with van der Waals surface area (Å²) < 4.78 is 0. The zero-order valence-electron chi connectivity index (χ0n) is 32.3. The molecule has 0 fully saturated rings. The van der Waals surface area contributed by atoms with Gasteiger partial charge in [-0.15, -0.1) is 0 Å². The molecule has 1 unspecified atom stereocenters. The van der Waals surface area contributed by atoms with Crippen molar-refractivity contribution < 1.29 is 4.79 Å². The van der Waals surface area contributed by atoms with Gasteiger partial charge in [-0.25, -0.2) is 0 Å². The second-order valence-electron chi connectivity index (χ2n) is 15.0. The fourth-order valence-electron chi connectivity index (χ4n) is 6.77. The lowest BCUT2D eigenvalue weighted by atomic mass is 9.89. The van der Waals surface area contributed by atoms with E-state index in [1.54, 1.807) is 0 Å². The van der Waals surface area contributed by atoms with Gasteiger partial charge in [-0.05, 0) is 65.1 Å². The summed E-state index contributed by atoms with van der Waals surface area (Å²) in [5.41, 5.74) is 0. The first-order chi connectivity index (χ1) is 22.6. The summed E-state index contributed by atoms with van der Waals surface area (Å²) in [6, 6.07) is 0. The molecular formula is C44H85NO. The first-order valence-corrected chi connectivity index (χ1v) is 21.1. The van der Waals surface area contributed by atoms with E-state index in [1.807, 2.05) is 0 Å². The molecule has 0 heterocycles. The van der Waals surface area contributed by atoms with Gasteiger partial charge in [0.15, 0.2) is 0 Å². The van der Waals surface area contributed by atoms with Crippen molar-refractivity contribution in [1.82, 2.24) is 4.90 Å². The number of ketones is 1. The maximum absolute atomic E-state index is 12.8. The molecule has 0 aromatic heterocycles. The van der Waals surface area contributed by atoms with Gasteiger partial charge in [0.05, 0.1) is 0 Å². The predicted octanol–water partition coefficient (Wildman–Crippen LogP) is 14.8. The third-order valence-corrected chi connectivity index (χ3v) is 9.86. The third kappa shape index (κ3) is 37.6. The number of rotatable bonds is 38. The highest BCUT2D eigenvalue weighted by molar-refractivity contribution is 5.78. The van der Waals surface area contributed by atoms with Gasteiger partial charge in [-0.2, -0.15) is 0 Å². The van der Waals surface area contributed by atoms with Crippen LogP contribution in [-0.2, 0) is 4.79 Å². The third-order valence-electron chi connectivity index (χ3n) is 9.86. The first-order valence-electron chi connectivity index (χ1n) is 21.1. The molecule has 0 aliphatic heterocycles. The van der Waals surface area contributed by atoms with Crippen LogP contribution in [0.5, 0.6) is 0 Å². The van der Waals surface area contributed by atoms with E-state index in [2.05, 4.69) is 57.1 Å². The second kappa shape index (κ2) is 38.6. The number of nitrogens with zero attached hydrogens (tertiary/aromatic N) is 1. The van der Waals surface area contributed by atoms with Gasteiger partial charge in [0, 0.05) is 12.8 Å². The maximum Gasteiger partial charge on any atom is 0.133 e. The summed E-state index contributed by atoms with van der Waals surface area (Å²) in [4.78, 5) is 15.0. The minimum atomic E-state index is 0.517. The first kappa shape index (κ1) is 45.1. The maximum atomic E-state index is 12.8. The Morgan fingerprint density at radius 3 is 1.28 bits per heavy atom. The van der Waals surface area contributed by atoms with Crippen molar-refractivity contribution in [2.45, 2.75) is 226 Å². The zero-order valence-corrected chi connectivity index (χ0v) is 32.3. The lowest BCUT2D eigenvalue weighted by Crippen LogP contribution is -2.15. The van der Waals surface area contributed by atoms with Crippen molar-refractivity contribution in [3.05, 3.63) is 24.3 Å². The predicted molar refractivity (Wildman–Crippen MR) is 209 cm³/mol. The normalized spacial score (nSPS) is 12.7. The summed E-state index contributed by atoms with van der Waals surface area (Å²) >= 11 is 0. The Hall–Kier alpha value is -0.890. The van der Waals surface area contributed by atoms with Crippen molar-refractivity contribution in [3.63, 3.8) is 0 Å². The van der Waals surface area contributed by atoms with Gasteiger partial charge in [-0.3, -0.25) is 4.79 Å². The van der Waals surface area contributed by atoms with Crippen LogP contribution in [0.1, 0.15) is 226 Å². The number of carbonyl (C=O) groups is 1. The molecule has 0 amide bonds. The number of hydrogen-bond donors (Lipinski definition) is 0. The lowest BCUT2D eigenvalue weighted by Gasteiger charge is -2.17. The van der Waals surface area contributed by atoms with Crippen LogP contribution in [0, 0.1) is 5.92 Å². The monoisotopic (exact) mass is 644 g/mol. The van der Waals surface area contributed by atoms with Crippen molar-refractivity contribution in [2.75, 3.05) is 20.6 Å². The highest BCUT2D eigenvalue weighted by atomic mass is 16.1. The van der Waals surface area contributed by atoms with Crippen LogP contribution in [0.25, 0.3) is 0 Å². The number of unbranched alkanes of at least 4 members (excludes halogenated alkanes) is 24. The molecule has 0 aliphatic carbocycles. The van der Waals surface area contributed by atoms with Crippen molar-refractivity contribution in [3.8, 4) is 0 Å². The van der Waals surface area contributed by atoms with E-state index in [9.17, 15) is 4.79 Å². The standard InChI is InChI=1S/C44H85NO/c1-5-7-9-11-13-15-17-19-21-23-25-27-29-31-33-35-38-43(42-44(46)40-37-41-45(3)4)39-36-34-32-30-28-26-24-22-20-18-16-14-12-10-8-6-2/h13,15,19,21,43H,5-12,14,16-18,20,22-42H2,1-4H3/b15-13-,21-19-. The van der Waals surface area contributed by atoms with E-state index in [1.165, 1.54) is 186 Å². The molecule has 46 heavy (non-hydrogen) atoms. The molecule has 0 saturated carbocycles. The molecule has 0 spiro atoms. The second-order valence-corrected chi connectivity index (χ2v) is 15.0. The Balaban J connectivity index is 3.93. The SMILES string of the molecule is CCCCC/C=C\C/C=C\CCCCCCCCC(CCCCCCCCCCCCCCCCCC)CC(=O)CCCN(C)C. The van der Waals surface area contributed by atoms with E-state index in [0.29, 0.717) is 11.7 Å². The Morgan fingerprint density at radius 1 is 0.478 bits per heavy atom. The Bertz CT molecular complexity index is 650. The average molecular weight is 644 g/mol. The molecule has 0 bridgehead atoms. The smallest absolute Gasteiger partial charge is 0.133 e. The van der Waals surface area contributed by atoms with Gasteiger partial charge in [0.2, 0.25) is 0 Å². The summed E-state index contributed by atoms with van der Waals surface area (Å²) in [6.07, 6.45) is 53.1. The Morgan fingerprint density at radius 2 is 0.848 bits per heavy atom. The van der Waals surface area contributed by atoms with E-state index in [4.69, 9.17) is 0 Å². The lowest BCUT2D eigenvalue weighted by molar-refractivity contribution is -0.120. The highest BCUT2D eigenvalue weighted by Gasteiger charge is 2.14. The molecule has 0 rings (SSSR count). The Kier molecular flexibility index (Phi) is 37.8. The molecule has 272 valence electrons. The Labute approximate surface area is 291 Å². The van der Waals surface area contributed by atoms with Crippen molar-refractivity contribution in [2.24, 2.45) is 5.92 Å². The summed E-state index contributed by atoms with van der Waals surface area (Å²) in [5.74, 6) is 1.15. The molecule has 0 saturated heterocycles. The minimum absolute atomic E-state index is 0.517. The molecule has 0 radical (unpaired) electrons. The number of allylic oxidation sites excluding steroid dienone is 4. The van der Waals surface area contributed by atoms with E-state index >= 15 is 0 Å². The quantitative estimate of drug-likeness (QED) is 0.0493. The number of Topliss-reactive ketones (excluding diaryl/α,β-unsaturated/α-hetero) is 1. The fourth-order valence-corrected chi connectivity index (χ4v) is 6.77.